The molecule has 0 amide bonds. The molecular weight excluding hydrogens is 1530 g/mol. The van der Waals surface area contributed by atoms with Gasteiger partial charge in [0.1, 0.15) is 25.4 Å². The molecule has 0 fully saturated rings. The van der Waals surface area contributed by atoms with Crippen LogP contribution < -0.4 is 0 Å². The van der Waals surface area contributed by atoms with Gasteiger partial charge in [-0.1, -0.05) is 382 Å². The number of carbonyl (C=O) groups is 3. The van der Waals surface area contributed by atoms with Gasteiger partial charge >= 0.3 is 33.6 Å². The summed E-state index contributed by atoms with van der Waals surface area (Å²) in [5, 5.41) is 20.7. The first kappa shape index (κ1) is 113. The number of aliphatic hydroxyl groups excluding tert-OH is 2. The largest absolute Gasteiger partial charge is 0.472 e. The zero-order valence-corrected chi connectivity index (χ0v) is 76.5. The third kappa shape index (κ3) is 92.9. The van der Waals surface area contributed by atoms with Crippen molar-refractivity contribution < 1.29 is 75.8 Å². The lowest BCUT2D eigenvalue weighted by Gasteiger charge is -2.21. The van der Waals surface area contributed by atoms with E-state index in [1.54, 1.807) is 0 Å². The summed E-state index contributed by atoms with van der Waals surface area (Å²) in [6.07, 6.45) is 122. The van der Waals surface area contributed by atoms with E-state index in [1.807, 2.05) is 0 Å². The van der Waals surface area contributed by atoms with Crippen molar-refractivity contribution in [3.05, 3.63) is 194 Å². The Kier molecular flexibility index (Phi) is 87.3. The van der Waals surface area contributed by atoms with Crippen LogP contribution >= 0.6 is 15.6 Å². The van der Waals surface area contributed by atoms with Crippen molar-refractivity contribution in [1.82, 2.24) is 0 Å². The van der Waals surface area contributed by atoms with Crippen molar-refractivity contribution >= 4 is 33.6 Å². The number of allylic oxidation sites excluding steroid dienone is 32. The van der Waals surface area contributed by atoms with Crippen LogP contribution in [0.3, 0.4) is 0 Å². The summed E-state index contributed by atoms with van der Waals surface area (Å²) >= 11 is 0. The zero-order valence-electron chi connectivity index (χ0n) is 74.7. The lowest BCUT2D eigenvalue weighted by atomic mass is 10.0. The van der Waals surface area contributed by atoms with Crippen molar-refractivity contribution in [1.29, 1.82) is 0 Å². The summed E-state index contributed by atoms with van der Waals surface area (Å²) in [6.45, 7) is 2.36. The molecule has 0 saturated carbocycles. The van der Waals surface area contributed by atoms with Crippen LogP contribution in [-0.2, 0) is 55.8 Å². The highest BCUT2D eigenvalue weighted by Gasteiger charge is 2.29. The average Bonchev–Trinajstić information content (AvgIpc) is 0.891. The number of unbranched alkanes of at least 4 members (excludes halogenated alkanes) is 32. The number of ether oxygens (including phenoxy) is 3. The highest BCUT2D eigenvalue weighted by atomic mass is 31.2. The smallest absolute Gasteiger partial charge is 0.463 e. The monoisotopic (exact) mass is 1700 g/mol. The minimum Gasteiger partial charge on any atom is -0.463 e. The molecule has 0 radical (unpaired) electrons. The molecule has 0 aromatic carbocycles. The van der Waals surface area contributed by atoms with Crippen molar-refractivity contribution in [2.45, 2.75) is 386 Å². The van der Waals surface area contributed by atoms with Gasteiger partial charge in [0.15, 0.2) is 6.10 Å². The van der Waals surface area contributed by atoms with Gasteiger partial charge in [0.25, 0.3) is 0 Å². The molecule has 678 valence electrons. The lowest BCUT2D eigenvalue weighted by molar-refractivity contribution is -0.161. The van der Waals surface area contributed by atoms with Crippen LogP contribution in [0.2, 0.25) is 0 Å². The molecule has 5 unspecified atom stereocenters. The van der Waals surface area contributed by atoms with Crippen LogP contribution in [0, 0.1) is 0 Å². The van der Waals surface area contributed by atoms with Crippen LogP contribution in [0.15, 0.2) is 194 Å². The fourth-order valence-corrected chi connectivity index (χ4v) is 13.9. The Morgan fingerprint density at radius 1 is 0.235 bits per heavy atom. The fourth-order valence-electron chi connectivity index (χ4n) is 12.3. The van der Waals surface area contributed by atoms with Crippen LogP contribution in [0.4, 0.5) is 0 Å². The number of hydrogen-bond acceptors (Lipinski definition) is 14. The van der Waals surface area contributed by atoms with Gasteiger partial charge in [-0.3, -0.25) is 32.5 Å². The van der Waals surface area contributed by atoms with Crippen LogP contribution in [0.5, 0.6) is 0 Å². The van der Waals surface area contributed by atoms with Gasteiger partial charge in [0.2, 0.25) is 0 Å². The van der Waals surface area contributed by atoms with E-state index in [0.717, 1.165) is 199 Å². The van der Waals surface area contributed by atoms with Crippen molar-refractivity contribution in [3.63, 3.8) is 0 Å². The van der Waals surface area contributed by atoms with Crippen molar-refractivity contribution in [2.24, 2.45) is 0 Å². The molecule has 0 bridgehead atoms. The first-order chi connectivity index (χ1) is 58.2. The second-order valence-electron chi connectivity index (χ2n) is 30.7. The van der Waals surface area contributed by atoms with E-state index < -0.39 is 91.5 Å². The number of aliphatic hydroxyl groups is 2. The second-order valence-corrected chi connectivity index (χ2v) is 33.6. The summed E-state index contributed by atoms with van der Waals surface area (Å²) in [7, 11) is -9.82. The highest BCUT2D eigenvalue weighted by Crippen LogP contribution is 2.45. The molecule has 0 aliphatic rings. The summed E-state index contributed by atoms with van der Waals surface area (Å²) in [6, 6.07) is 0. The molecular formula is C101H168O16P2. The molecule has 0 rings (SSSR count). The number of phosphoric ester groups is 2. The quantitative estimate of drug-likeness (QED) is 0.0146. The van der Waals surface area contributed by atoms with Gasteiger partial charge in [0.05, 0.1) is 26.4 Å². The van der Waals surface area contributed by atoms with E-state index in [9.17, 15) is 43.5 Å². The van der Waals surface area contributed by atoms with E-state index >= 15 is 0 Å². The van der Waals surface area contributed by atoms with Gasteiger partial charge in [-0.15, -0.1) is 0 Å². The van der Waals surface area contributed by atoms with E-state index in [2.05, 4.69) is 215 Å². The number of esters is 3. The Labute approximate surface area is 725 Å². The van der Waals surface area contributed by atoms with Crippen LogP contribution in [0.1, 0.15) is 367 Å². The molecule has 4 N–H and O–H groups in total. The first-order valence-electron chi connectivity index (χ1n) is 46.7. The van der Waals surface area contributed by atoms with E-state index in [4.69, 9.17) is 32.3 Å². The Balaban J connectivity index is 4.67. The van der Waals surface area contributed by atoms with Gasteiger partial charge in [0, 0.05) is 19.3 Å². The number of hydrogen-bond donors (Lipinski definition) is 4. The Morgan fingerprint density at radius 2 is 0.420 bits per heavy atom. The second kappa shape index (κ2) is 91.6. The fraction of sp³-hybridized carbons (Fsp3) is 0.653. The summed E-state index contributed by atoms with van der Waals surface area (Å²) in [5.74, 6) is -1.58. The molecule has 0 aromatic rings. The summed E-state index contributed by atoms with van der Waals surface area (Å²) in [4.78, 5) is 59.1. The van der Waals surface area contributed by atoms with Gasteiger partial charge in [-0.05, 0) is 161 Å². The molecule has 0 spiro atoms. The molecule has 0 aliphatic carbocycles. The molecule has 0 aromatic heterocycles. The zero-order chi connectivity index (χ0) is 86.5. The number of rotatable bonds is 87. The topological polar surface area (TPSA) is 231 Å². The average molecular weight is 1700 g/mol. The molecule has 18 heteroatoms. The van der Waals surface area contributed by atoms with E-state index in [0.29, 0.717) is 19.3 Å². The Morgan fingerprint density at radius 3 is 0.664 bits per heavy atom. The molecule has 16 nitrogen and oxygen atoms in total. The third-order valence-electron chi connectivity index (χ3n) is 19.3. The van der Waals surface area contributed by atoms with Gasteiger partial charge in [-0.25, -0.2) is 9.13 Å². The maximum absolute atomic E-state index is 13.1. The molecule has 119 heavy (non-hydrogen) atoms. The van der Waals surface area contributed by atoms with Gasteiger partial charge in [-0.2, -0.15) is 0 Å². The molecule has 0 saturated heterocycles. The van der Waals surface area contributed by atoms with Crippen molar-refractivity contribution in [2.75, 3.05) is 39.6 Å². The molecule has 0 aliphatic heterocycles. The standard InChI is InChI=1S/C101H168O16P2/c1-4-7-10-13-16-19-22-25-28-31-34-37-40-43-45-47-49-52-54-57-60-63-66-69-72-75-78-81-84-87-99(104)111-90-96(102)91-113-118(107,108)114-92-97(103)93-115-119(109,110)116-95-98(117-101(106)89-86-83-80-77-74-71-68-65-62-59-56-51-42-39-36-33-30-27-24-21-18-15-12-9-6-3)94-112-100(105)88-85-82-79-76-73-70-67-64-61-58-55-53-50-48-46-44-41-38-35-32-29-26-23-20-17-14-11-8-5-2/h7-12,16-21,25-30,34-39,43-46,49,51-52,56,96-98,102-103H,4-6,13-15,22-24,31-33,40-42,47-48,50,53-55,57-95H2,1-3H3,(H,107,108)(H,109,110)/b10-7-,11-8-,12-9-,19-16-,20-17-,21-18-,28-25-,29-26-,30-27-,37-34-,38-35-,39-36-,45-43-,46-44-,52-49-,56-51-. The minimum atomic E-state index is -4.95. The maximum Gasteiger partial charge on any atom is 0.472 e. The molecule has 5 atom stereocenters. The predicted molar refractivity (Wildman–Crippen MR) is 500 cm³/mol. The van der Waals surface area contributed by atoms with Gasteiger partial charge < -0.3 is 34.2 Å². The lowest BCUT2D eigenvalue weighted by Crippen LogP contribution is -2.30. The van der Waals surface area contributed by atoms with Crippen LogP contribution in [-0.4, -0.2) is 95.9 Å². The first-order valence-corrected chi connectivity index (χ1v) is 49.7. The normalized spacial score (nSPS) is 14.6. The number of carbonyl (C=O) groups excluding carboxylic acids is 3. The summed E-state index contributed by atoms with van der Waals surface area (Å²) in [5.41, 5.74) is 0. The maximum atomic E-state index is 13.1. The highest BCUT2D eigenvalue weighted by molar-refractivity contribution is 7.47. The van der Waals surface area contributed by atoms with Crippen LogP contribution in [0.25, 0.3) is 0 Å². The third-order valence-corrected chi connectivity index (χ3v) is 21.2. The van der Waals surface area contributed by atoms with Crippen molar-refractivity contribution in [3.8, 4) is 0 Å². The van der Waals surface area contributed by atoms with E-state index in [-0.39, 0.29) is 19.3 Å². The molecule has 0 heterocycles. The minimum absolute atomic E-state index is 0.0911. The SMILES string of the molecule is CC/C=C\C/C=C\C/C=C\C/C=C\C/C=C\C/C=C\CCCCCCCCCCCCC(=O)OCC(O)COP(=O)(O)OCC(O)COP(=O)(O)OCC(COC(=O)CCCCCCCCCCCCCCC/C=C\C/C=C\C/C=C\C/C=C\C/C=C\CC)OC(=O)CCCCCCCCCCC/C=C\C/C=C\C/C=C\C/C=C\C/C=C\CC. The predicted octanol–water partition coefficient (Wildman–Crippen LogP) is 29.0. The van der Waals surface area contributed by atoms with E-state index in [1.165, 1.54) is 109 Å². The Bertz CT molecular complexity index is 2940. The summed E-state index contributed by atoms with van der Waals surface area (Å²) < 4.78 is 61.5. The Hall–Kier alpha value is -5.61. The number of phosphoric acid groups is 2.